The molecule has 0 aromatic heterocycles. The van der Waals surface area contributed by atoms with Gasteiger partial charge >= 0.3 is 0 Å². The molecular formula is C17H36. The minimum absolute atomic E-state index is 0.474. The van der Waals surface area contributed by atoms with E-state index in [1.807, 2.05) is 0 Å². The standard InChI is InChI=1S/C17H36/c1-9-11-15(17(6,7)8)13-10-12-14(2)16(3,4)5/h14-15H,9-13H2,1-8H3. The Bertz CT molecular complexity index is 189. The van der Waals surface area contributed by atoms with Crippen LogP contribution < -0.4 is 0 Å². The second-order valence-electron chi connectivity index (χ2n) is 8.05. The van der Waals surface area contributed by atoms with Crippen LogP contribution >= 0.6 is 0 Å². The summed E-state index contributed by atoms with van der Waals surface area (Å²) in [5, 5.41) is 0. The number of hydrogen-bond acceptors (Lipinski definition) is 0. The van der Waals surface area contributed by atoms with E-state index in [9.17, 15) is 0 Å². The molecule has 0 rings (SSSR count). The zero-order valence-corrected chi connectivity index (χ0v) is 13.7. The summed E-state index contributed by atoms with van der Waals surface area (Å²) < 4.78 is 0. The molecule has 0 aliphatic carbocycles. The molecule has 0 spiro atoms. The minimum atomic E-state index is 0.474. The third-order valence-corrected chi connectivity index (χ3v) is 4.53. The van der Waals surface area contributed by atoms with Gasteiger partial charge in [-0.25, -0.2) is 0 Å². The second kappa shape index (κ2) is 6.81. The molecule has 0 amide bonds. The zero-order valence-electron chi connectivity index (χ0n) is 13.7. The fourth-order valence-corrected chi connectivity index (χ4v) is 2.46. The van der Waals surface area contributed by atoms with E-state index in [1.54, 1.807) is 0 Å². The predicted molar refractivity (Wildman–Crippen MR) is 80.3 cm³/mol. The summed E-state index contributed by atoms with van der Waals surface area (Å²) in [4.78, 5) is 0. The van der Waals surface area contributed by atoms with Crippen molar-refractivity contribution >= 4 is 0 Å². The fraction of sp³-hybridized carbons (Fsp3) is 1.00. The number of hydrogen-bond donors (Lipinski definition) is 0. The average molecular weight is 240 g/mol. The second-order valence-corrected chi connectivity index (χ2v) is 8.05. The van der Waals surface area contributed by atoms with Crippen LogP contribution in [0, 0.1) is 22.7 Å². The van der Waals surface area contributed by atoms with Gasteiger partial charge in [-0.1, -0.05) is 81.1 Å². The molecule has 0 aliphatic heterocycles. The van der Waals surface area contributed by atoms with Crippen molar-refractivity contribution in [2.24, 2.45) is 22.7 Å². The van der Waals surface area contributed by atoms with Crippen molar-refractivity contribution < 1.29 is 0 Å². The molecule has 0 aromatic carbocycles. The molecule has 0 heteroatoms. The van der Waals surface area contributed by atoms with Gasteiger partial charge in [0.1, 0.15) is 0 Å². The molecule has 0 fully saturated rings. The van der Waals surface area contributed by atoms with E-state index < -0.39 is 0 Å². The normalized spacial score (nSPS) is 16.9. The summed E-state index contributed by atoms with van der Waals surface area (Å²) in [7, 11) is 0. The first-order valence-corrected chi connectivity index (χ1v) is 7.59. The molecule has 0 saturated heterocycles. The molecule has 2 unspecified atom stereocenters. The molecule has 0 heterocycles. The van der Waals surface area contributed by atoms with E-state index >= 15 is 0 Å². The molecule has 2 atom stereocenters. The molecule has 0 radical (unpaired) electrons. The Balaban J connectivity index is 4.07. The van der Waals surface area contributed by atoms with Crippen molar-refractivity contribution in [1.29, 1.82) is 0 Å². The van der Waals surface area contributed by atoms with E-state index in [1.165, 1.54) is 32.1 Å². The van der Waals surface area contributed by atoms with Crippen LogP contribution in [0.1, 0.15) is 87.5 Å². The van der Waals surface area contributed by atoms with Gasteiger partial charge in [0.05, 0.1) is 0 Å². The van der Waals surface area contributed by atoms with Crippen LogP contribution in [0.3, 0.4) is 0 Å². The lowest BCUT2D eigenvalue weighted by Crippen LogP contribution is -2.21. The molecule has 0 nitrogen and oxygen atoms in total. The van der Waals surface area contributed by atoms with E-state index in [-0.39, 0.29) is 0 Å². The highest BCUT2D eigenvalue weighted by Crippen LogP contribution is 2.36. The Morgan fingerprint density at radius 1 is 0.765 bits per heavy atom. The lowest BCUT2D eigenvalue weighted by atomic mass is 9.73. The van der Waals surface area contributed by atoms with Crippen molar-refractivity contribution in [1.82, 2.24) is 0 Å². The highest BCUT2D eigenvalue weighted by Gasteiger charge is 2.24. The van der Waals surface area contributed by atoms with E-state index in [2.05, 4.69) is 55.4 Å². The Morgan fingerprint density at radius 3 is 1.65 bits per heavy atom. The van der Waals surface area contributed by atoms with Crippen LogP contribution in [0.5, 0.6) is 0 Å². The first kappa shape index (κ1) is 17.0. The summed E-state index contributed by atoms with van der Waals surface area (Å²) in [6.45, 7) is 19.0. The highest BCUT2D eigenvalue weighted by molar-refractivity contribution is 4.75. The molecule has 0 N–H and O–H groups in total. The maximum absolute atomic E-state index is 2.41. The van der Waals surface area contributed by atoms with E-state index in [4.69, 9.17) is 0 Å². The Labute approximate surface area is 111 Å². The summed E-state index contributed by atoms with van der Waals surface area (Å²) in [6, 6.07) is 0. The van der Waals surface area contributed by atoms with Crippen LogP contribution in [0.15, 0.2) is 0 Å². The fourth-order valence-electron chi connectivity index (χ4n) is 2.46. The molecule has 0 aromatic rings. The van der Waals surface area contributed by atoms with Crippen molar-refractivity contribution in [3.8, 4) is 0 Å². The lowest BCUT2D eigenvalue weighted by molar-refractivity contribution is 0.187. The van der Waals surface area contributed by atoms with Gasteiger partial charge in [-0.2, -0.15) is 0 Å². The van der Waals surface area contributed by atoms with Crippen LogP contribution in [0.2, 0.25) is 0 Å². The van der Waals surface area contributed by atoms with Crippen LogP contribution in [-0.4, -0.2) is 0 Å². The lowest BCUT2D eigenvalue weighted by Gasteiger charge is -2.32. The van der Waals surface area contributed by atoms with Gasteiger partial charge in [0.2, 0.25) is 0 Å². The minimum Gasteiger partial charge on any atom is -0.0654 e. The molecule has 0 aliphatic rings. The summed E-state index contributed by atoms with van der Waals surface area (Å²) in [6.07, 6.45) is 6.93. The first-order valence-electron chi connectivity index (χ1n) is 7.59. The topological polar surface area (TPSA) is 0 Å². The summed E-state index contributed by atoms with van der Waals surface area (Å²) in [5.74, 6) is 1.74. The number of rotatable bonds is 6. The average Bonchev–Trinajstić information content (AvgIpc) is 2.13. The van der Waals surface area contributed by atoms with Crippen LogP contribution in [-0.2, 0) is 0 Å². The third-order valence-electron chi connectivity index (χ3n) is 4.53. The zero-order chi connectivity index (χ0) is 13.7. The van der Waals surface area contributed by atoms with Crippen molar-refractivity contribution in [2.75, 3.05) is 0 Å². The molecular weight excluding hydrogens is 204 g/mol. The van der Waals surface area contributed by atoms with Crippen molar-refractivity contribution in [2.45, 2.75) is 87.5 Å². The Morgan fingerprint density at radius 2 is 1.29 bits per heavy atom. The molecule has 0 saturated carbocycles. The summed E-state index contributed by atoms with van der Waals surface area (Å²) >= 11 is 0. The molecule has 104 valence electrons. The Hall–Kier alpha value is 0. The van der Waals surface area contributed by atoms with Crippen molar-refractivity contribution in [3.05, 3.63) is 0 Å². The van der Waals surface area contributed by atoms with Gasteiger partial charge in [-0.15, -0.1) is 0 Å². The summed E-state index contributed by atoms with van der Waals surface area (Å²) in [5.41, 5.74) is 0.961. The van der Waals surface area contributed by atoms with Gasteiger partial charge in [-0.3, -0.25) is 0 Å². The van der Waals surface area contributed by atoms with Crippen LogP contribution in [0.4, 0.5) is 0 Å². The van der Waals surface area contributed by atoms with Gasteiger partial charge in [0.15, 0.2) is 0 Å². The van der Waals surface area contributed by atoms with Crippen LogP contribution in [0.25, 0.3) is 0 Å². The smallest absolute Gasteiger partial charge is 0.0354 e. The van der Waals surface area contributed by atoms with Gasteiger partial charge in [0.25, 0.3) is 0 Å². The molecule has 17 heavy (non-hydrogen) atoms. The first-order chi connectivity index (χ1) is 7.59. The Kier molecular flexibility index (Phi) is 6.81. The maximum atomic E-state index is 2.41. The highest BCUT2D eigenvalue weighted by atomic mass is 14.3. The predicted octanol–water partition coefficient (Wildman–Crippen LogP) is 6.30. The molecule has 0 bridgehead atoms. The van der Waals surface area contributed by atoms with Gasteiger partial charge in [0, 0.05) is 0 Å². The van der Waals surface area contributed by atoms with E-state index in [0.717, 1.165) is 11.8 Å². The van der Waals surface area contributed by atoms with Gasteiger partial charge < -0.3 is 0 Å². The quantitative estimate of drug-likeness (QED) is 0.511. The largest absolute Gasteiger partial charge is 0.0654 e. The monoisotopic (exact) mass is 240 g/mol. The maximum Gasteiger partial charge on any atom is -0.0354 e. The van der Waals surface area contributed by atoms with Gasteiger partial charge in [-0.05, 0) is 29.1 Å². The third kappa shape index (κ3) is 7.11. The van der Waals surface area contributed by atoms with Crippen molar-refractivity contribution in [3.63, 3.8) is 0 Å². The SMILES string of the molecule is CCCC(CCCC(C)C(C)(C)C)C(C)(C)C. The van der Waals surface area contributed by atoms with E-state index in [0.29, 0.717) is 10.8 Å².